The lowest BCUT2D eigenvalue weighted by Crippen LogP contribution is -2.38. The maximum Gasteiger partial charge on any atom is 0.251 e. The Morgan fingerprint density at radius 1 is 1.16 bits per heavy atom. The molecule has 0 radical (unpaired) electrons. The van der Waals surface area contributed by atoms with Crippen LogP contribution in [0, 0.1) is 11.7 Å². The quantitative estimate of drug-likeness (QED) is 0.900. The van der Waals surface area contributed by atoms with Crippen molar-refractivity contribution in [2.45, 2.75) is 18.9 Å². The number of amides is 1. The van der Waals surface area contributed by atoms with Crippen molar-refractivity contribution in [3.8, 4) is 5.75 Å². The van der Waals surface area contributed by atoms with E-state index in [4.69, 9.17) is 4.74 Å². The first-order valence-corrected chi connectivity index (χ1v) is 8.71. The molecule has 2 aliphatic rings. The molecule has 2 aromatic rings. The van der Waals surface area contributed by atoms with Gasteiger partial charge in [-0.05, 0) is 60.3 Å². The minimum Gasteiger partial charge on any atom is -0.493 e. The smallest absolute Gasteiger partial charge is 0.251 e. The second-order valence-electron chi connectivity index (χ2n) is 6.72. The van der Waals surface area contributed by atoms with Crippen LogP contribution in [0.2, 0.25) is 0 Å². The van der Waals surface area contributed by atoms with Gasteiger partial charge in [0.15, 0.2) is 0 Å². The van der Waals surface area contributed by atoms with E-state index in [1.807, 2.05) is 30.3 Å². The monoisotopic (exact) mass is 340 g/mol. The van der Waals surface area contributed by atoms with Gasteiger partial charge in [-0.2, -0.15) is 0 Å². The summed E-state index contributed by atoms with van der Waals surface area (Å²) < 4.78 is 19.2. The number of halogens is 1. The van der Waals surface area contributed by atoms with E-state index in [1.54, 1.807) is 0 Å². The summed E-state index contributed by atoms with van der Waals surface area (Å²) in [5.74, 6) is 1.26. The Kier molecular flexibility index (Phi) is 4.40. The van der Waals surface area contributed by atoms with E-state index in [2.05, 4.69) is 10.6 Å². The molecule has 2 heterocycles. The summed E-state index contributed by atoms with van der Waals surface area (Å²) >= 11 is 0. The minimum absolute atomic E-state index is 0.0191. The molecule has 0 saturated carbocycles. The lowest BCUT2D eigenvalue weighted by Gasteiger charge is -2.32. The maximum absolute atomic E-state index is 13.2. The van der Waals surface area contributed by atoms with Crippen molar-refractivity contribution in [2.75, 3.05) is 19.7 Å². The standard InChI is InChI=1S/C20H21FN2O2/c21-16-3-1-13(2-4-16)18-7-8-22-10-15(18)12-25-17-5-6-19-14(9-17)11-23-20(19)24/h1-6,9,15,18,22H,7-8,10-12H2,(H,23,24)/t15-,18-/m0/s1. The first-order valence-electron chi connectivity index (χ1n) is 8.71. The second-order valence-corrected chi connectivity index (χ2v) is 6.72. The van der Waals surface area contributed by atoms with Gasteiger partial charge in [-0.3, -0.25) is 4.79 Å². The number of hydrogen-bond donors (Lipinski definition) is 2. The highest BCUT2D eigenvalue weighted by molar-refractivity contribution is 5.98. The predicted octanol–water partition coefficient (Wildman–Crippen LogP) is 2.84. The normalized spacial score (nSPS) is 22.4. The van der Waals surface area contributed by atoms with Crippen molar-refractivity contribution in [3.05, 3.63) is 65.0 Å². The second kappa shape index (κ2) is 6.84. The zero-order valence-electron chi connectivity index (χ0n) is 13.9. The van der Waals surface area contributed by atoms with E-state index in [1.165, 1.54) is 17.7 Å². The number of benzene rings is 2. The fourth-order valence-corrected chi connectivity index (χ4v) is 3.75. The van der Waals surface area contributed by atoms with Crippen molar-refractivity contribution in [1.29, 1.82) is 0 Å². The van der Waals surface area contributed by atoms with Gasteiger partial charge in [0.05, 0.1) is 6.61 Å². The Bertz CT molecular complexity index is 776. The zero-order chi connectivity index (χ0) is 17.2. The number of nitrogens with one attached hydrogen (secondary N) is 2. The Morgan fingerprint density at radius 2 is 2.00 bits per heavy atom. The fraction of sp³-hybridized carbons (Fsp3) is 0.350. The molecular weight excluding hydrogens is 319 g/mol. The topological polar surface area (TPSA) is 50.4 Å². The number of carbonyl (C=O) groups is 1. The molecule has 25 heavy (non-hydrogen) atoms. The van der Waals surface area contributed by atoms with Crippen LogP contribution in [0.15, 0.2) is 42.5 Å². The van der Waals surface area contributed by atoms with Crippen molar-refractivity contribution in [1.82, 2.24) is 10.6 Å². The molecule has 1 saturated heterocycles. The van der Waals surface area contributed by atoms with Crippen LogP contribution >= 0.6 is 0 Å². The summed E-state index contributed by atoms with van der Waals surface area (Å²) in [6.07, 6.45) is 1.02. The number of ether oxygens (including phenoxy) is 1. The summed E-state index contributed by atoms with van der Waals surface area (Å²) in [6, 6.07) is 12.4. The number of fused-ring (bicyclic) bond motifs is 1. The molecule has 1 amide bonds. The highest BCUT2D eigenvalue weighted by Crippen LogP contribution is 2.31. The molecule has 0 bridgehead atoms. The molecule has 0 aliphatic carbocycles. The van der Waals surface area contributed by atoms with Crippen LogP contribution in [0.3, 0.4) is 0 Å². The lowest BCUT2D eigenvalue weighted by molar-refractivity contribution is 0.0966. The summed E-state index contributed by atoms with van der Waals surface area (Å²) in [4.78, 5) is 11.6. The molecule has 4 nitrogen and oxygen atoms in total. The van der Waals surface area contributed by atoms with Crippen molar-refractivity contribution >= 4 is 5.91 Å². The first-order chi connectivity index (χ1) is 12.2. The van der Waals surface area contributed by atoms with Crippen LogP contribution in [-0.4, -0.2) is 25.6 Å². The Labute approximate surface area is 146 Å². The number of hydrogen-bond acceptors (Lipinski definition) is 3. The van der Waals surface area contributed by atoms with Gasteiger partial charge in [0.2, 0.25) is 0 Å². The molecule has 0 aromatic heterocycles. The van der Waals surface area contributed by atoms with Crippen LogP contribution in [-0.2, 0) is 6.54 Å². The van der Waals surface area contributed by atoms with E-state index in [0.29, 0.717) is 25.0 Å². The SMILES string of the molecule is O=C1NCc2cc(OC[C@@H]3CNCC[C@H]3c3ccc(F)cc3)ccc21. The highest BCUT2D eigenvalue weighted by Gasteiger charge is 2.27. The van der Waals surface area contributed by atoms with E-state index >= 15 is 0 Å². The summed E-state index contributed by atoms with van der Waals surface area (Å²) in [5, 5.41) is 6.24. The molecule has 2 aromatic carbocycles. The predicted molar refractivity (Wildman–Crippen MR) is 93.2 cm³/mol. The van der Waals surface area contributed by atoms with Gasteiger partial charge in [-0.1, -0.05) is 12.1 Å². The average Bonchev–Trinajstić information content (AvgIpc) is 3.01. The summed E-state index contributed by atoms with van der Waals surface area (Å²) in [7, 11) is 0. The van der Waals surface area contributed by atoms with E-state index in [-0.39, 0.29) is 11.7 Å². The molecule has 0 unspecified atom stereocenters. The van der Waals surface area contributed by atoms with Gasteiger partial charge < -0.3 is 15.4 Å². The third kappa shape index (κ3) is 3.37. The highest BCUT2D eigenvalue weighted by atomic mass is 19.1. The van der Waals surface area contributed by atoms with Gasteiger partial charge in [-0.25, -0.2) is 4.39 Å². The van der Waals surface area contributed by atoms with Gasteiger partial charge >= 0.3 is 0 Å². The molecular formula is C20H21FN2O2. The number of rotatable bonds is 4. The van der Waals surface area contributed by atoms with Crippen LogP contribution < -0.4 is 15.4 Å². The van der Waals surface area contributed by atoms with E-state index in [0.717, 1.165) is 36.4 Å². The molecule has 2 N–H and O–H groups in total. The molecule has 5 heteroatoms. The lowest BCUT2D eigenvalue weighted by atomic mass is 9.81. The summed E-state index contributed by atoms with van der Waals surface area (Å²) in [5.41, 5.74) is 2.88. The van der Waals surface area contributed by atoms with Crippen LogP contribution in [0.25, 0.3) is 0 Å². The molecule has 2 atom stereocenters. The number of piperidine rings is 1. The molecule has 1 fully saturated rings. The molecule has 4 rings (SSSR count). The van der Waals surface area contributed by atoms with Crippen LogP contribution in [0.1, 0.15) is 33.8 Å². The summed E-state index contributed by atoms with van der Waals surface area (Å²) in [6.45, 7) is 3.00. The number of carbonyl (C=O) groups excluding carboxylic acids is 1. The Morgan fingerprint density at radius 3 is 2.84 bits per heavy atom. The Balaban J connectivity index is 1.45. The third-order valence-corrected chi connectivity index (χ3v) is 5.13. The van der Waals surface area contributed by atoms with Crippen molar-refractivity contribution in [2.24, 2.45) is 5.92 Å². The largest absolute Gasteiger partial charge is 0.493 e. The van der Waals surface area contributed by atoms with Crippen molar-refractivity contribution < 1.29 is 13.9 Å². The van der Waals surface area contributed by atoms with Gasteiger partial charge in [0.25, 0.3) is 5.91 Å². The fourth-order valence-electron chi connectivity index (χ4n) is 3.75. The first kappa shape index (κ1) is 16.1. The van der Waals surface area contributed by atoms with Gasteiger partial charge in [0.1, 0.15) is 11.6 Å². The van der Waals surface area contributed by atoms with Crippen LogP contribution in [0.5, 0.6) is 5.75 Å². The van der Waals surface area contributed by atoms with E-state index in [9.17, 15) is 9.18 Å². The minimum atomic E-state index is -0.202. The third-order valence-electron chi connectivity index (χ3n) is 5.13. The maximum atomic E-state index is 13.2. The molecule has 2 aliphatic heterocycles. The van der Waals surface area contributed by atoms with Crippen molar-refractivity contribution in [3.63, 3.8) is 0 Å². The molecule has 130 valence electrons. The zero-order valence-corrected chi connectivity index (χ0v) is 13.9. The van der Waals surface area contributed by atoms with Gasteiger partial charge in [-0.15, -0.1) is 0 Å². The van der Waals surface area contributed by atoms with E-state index < -0.39 is 0 Å². The average molecular weight is 340 g/mol. The molecule has 0 spiro atoms. The van der Waals surface area contributed by atoms with Gasteiger partial charge in [0, 0.05) is 24.6 Å². The Hall–Kier alpha value is -2.40. The van der Waals surface area contributed by atoms with Crippen LogP contribution in [0.4, 0.5) is 4.39 Å².